The topological polar surface area (TPSA) is 64.8 Å². The molecule has 0 N–H and O–H groups in total. The molecule has 2 aromatic rings. The van der Waals surface area contributed by atoms with Crippen LogP contribution in [0.3, 0.4) is 0 Å². The van der Waals surface area contributed by atoms with Gasteiger partial charge in [-0.05, 0) is 30.5 Å². The normalized spacial score (nSPS) is 14.1. The SMILES string of the molecule is COC(=O)c1ccn2c(C(C)=O)c3c(c2c1)C(=O)CCC3. The maximum atomic E-state index is 12.2. The molecule has 2 aromatic heterocycles. The van der Waals surface area contributed by atoms with Crippen molar-refractivity contribution in [2.24, 2.45) is 0 Å². The molecule has 108 valence electrons. The smallest absolute Gasteiger partial charge is 0.337 e. The van der Waals surface area contributed by atoms with Crippen molar-refractivity contribution in [3.8, 4) is 0 Å². The molecular weight excluding hydrogens is 270 g/mol. The molecule has 0 saturated carbocycles. The van der Waals surface area contributed by atoms with Crippen molar-refractivity contribution in [3.05, 3.63) is 40.7 Å². The highest BCUT2D eigenvalue weighted by molar-refractivity contribution is 6.10. The Bertz CT molecular complexity index is 785. The molecule has 0 spiro atoms. The van der Waals surface area contributed by atoms with Gasteiger partial charge >= 0.3 is 5.97 Å². The third-order valence-corrected chi connectivity index (χ3v) is 3.90. The Hall–Kier alpha value is -2.43. The van der Waals surface area contributed by atoms with Gasteiger partial charge in [0.25, 0.3) is 0 Å². The lowest BCUT2D eigenvalue weighted by Gasteiger charge is -2.10. The average molecular weight is 285 g/mol. The van der Waals surface area contributed by atoms with E-state index in [2.05, 4.69) is 0 Å². The van der Waals surface area contributed by atoms with Crippen LogP contribution in [0.15, 0.2) is 18.3 Å². The maximum Gasteiger partial charge on any atom is 0.337 e. The molecule has 0 aliphatic heterocycles. The third-order valence-electron chi connectivity index (χ3n) is 3.90. The molecule has 0 fully saturated rings. The standard InChI is InChI=1S/C16H15NO4/c1-9(18)15-11-4-3-5-13(19)14(11)12-8-10(16(20)21-2)6-7-17(12)15/h6-8H,3-5H2,1-2H3. The number of aromatic nitrogens is 1. The van der Waals surface area contributed by atoms with Crippen LogP contribution >= 0.6 is 0 Å². The number of esters is 1. The van der Waals surface area contributed by atoms with Crippen LogP contribution in [0.25, 0.3) is 5.52 Å². The van der Waals surface area contributed by atoms with E-state index in [1.165, 1.54) is 14.0 Å². The van der Waals surface area contributed by atoms with Gasteiger partial charge in [-0.3, -0.25) is 9.59 Å². The Balaban J connectivity index is 2.36. The van der Waals surface area contributed by atoms with Crippen molar-refractivity contribution in [3.63, 3.8) is 0 Å². The molecular formula is C16H15NO4. The molecule has 2 heterocycles. The number of ketones is 2. The molecule has 0 radical (unpaired) electrons. The summed E-state index contributed by atoms with van der Waals surface area (Å²) in [5.41, 5.74) is 2.92. The number of ether oxygens (including phenoxy) is 1. The van der Waals surface area contributed by atoms with Crippen molar-refractivity contribution in [2.45, 2.75) is 26.2 Å². The minimum Gasteiger partial charge on any atom is -0.465 e. The lowest BCUT2D eigenvalue weighted by atomic mass is 9.91. The van der Waals surface area contributed by atoms with Crippen molar-refractivity contribution in [1.82, 2.24) is 4.40 Å². The lowest BCUT2D eigenvalue weighted by molar-refractivity contribution is 0.0600. The highest BCUT2D eigenvalue weighted by atomic mass is 16.5. The number of hydrogen-bond donors (Lipinski definition) is 0. The van der Waals surface area contributed by atoms with Crippen LogP contribution in [0, 0.1) is 0 Å². The highest BCUT2D eigenvalue weighted by Crippen LogP contribution is 2.31. The van der Waals surface area contributed by atoms with E-state index in [9.17, 15) is 14.4 Å². The zero-order chi connectivity index (χ0) is 15.1. The van der Waals surface area contributed by atoms with Crippen molar-refractivity contribution in [2.75, 3.05) is 7.11 Å². The number of rotatable bonds is 2. The summed E-state index contributed by atoms with van der Waals surface area (Å²) in [6.45, 7) is 1.50. The van der Waals surface area contributed by atoms with Gasteiger partial charge in [0.15, 0.2) is 11.6 Å². The number of pyridine rings is 1. The fourth-order valence-electron chi connectivity index (χ4n) is 3.04. The predicted octanol–water partition coefficient (Wildman–Crippen LogP) is 2.45. The van der Waals surface area contributed by atoms with Crippen molar-refractivity contribution < 1.29 is 19.1 Å². The Labute approximate surface area is 121 Å². The fraction of sp³-hybridized carbons (Fsp3) is 0.312. The Morgan fingerprint density at radius 2 is 2.05 bits per heavy atom. The summed E-state index contributed by atoms with van der Waals surface area (Å²) < 4.78 is 6.42. The van der Waals surface area contributed by atoms with Crippen LogP contribution in [0.5, 0.6) is 0 Å². The van der Waals surface area contributed by atoms with E-state index in [0.717, 1.165) is 12.0 Å². The largest absolute Gasteiger partial charge is 0.465 e. The van der Waals surface area contributed by atoms with Crippen LogP contribution in [-0.4, -0.2) is 29.0 Å². The zero-order valence-electron chi connectivity index (χ0n) is 11.9. The van der Waals surface area contributed by atoms with Gasteiger partial charge in [0.05, 0.1) is 23.9 Å². The second kappa shape index (κ2) is 4.84. The minimum absolute atomic E-state index is 0.0308. The molecule has 0 amide bonds. The van der Waals surface area contributed by atoms with Crippen LogP contribution in [0.2, 0.25) is 0 Å². The third kappa shape index (κ3) is 1.96. The van der Waals surface area contributed by atoms with Gasteiger partial charge in [-0.25, -0.2) is 4.79 Å². The van der Waals surface area contributed by atoms with E-state index in [1.807, 2.05) is 0 Å². The Morgan fingerprint density at radius 3 is 2.71 bits per heavy atom. The first-order chi connectivity index (χ1) is 10.0. The van der Waals surface area contributed by atoms with E-state index < -0.39 is 5.97 Å². The molecule has 5 heteroatoms. The van der Waals surface area contributed by atoms with E-state index in [1.54, 1.807) is 22.7 Å². The van der Waals surface area contributed by atoms with Crippen LogP contribution in [0.4, 0.5) is 0 Å². The summed E-state index contributed by atoms with van der Waals surface area (Å²) in [5, 5.41) is 0. The second-order valence-corrected chi connectivity index (χ2v) is 5.20. The first kappa shape index (κ1) is 13.5. The van der Waals surface area contributed by atoms with Gasteiger partial charge < -0.3 is 9.14 Å². The summed E-state index contributed by atoms with van der Waals surface area (Å²) in [6.07, 6.45) is 3.61. The predicted molar refractivity (Wildman–Crippen MR) is 76.0 cm³/mol. The van der Waals surface area contributed by atoms with Crippen LogP contribution in [0.1, 0.15) is 56.5 Å². The summed E-state index contributed by atoms with van der Waals surface area (Å²) >= 11 is 0. The molecule has 5 nitrogen and oxygen atoms in total. The van der Waals surface area contributed by atoms with E-state index in [4.69, 9.17) is 4.74 Å². The number of carbonyl (C=O) groups is 3. The van der Waals surface area contributed by atoms with Crippen molar-refractivity contribution >= 4 is 23.1 Å². The molecule has 21 heavy (non-hydrogen) atoms. The van der Waals surface area contributed by atoms with Gasteiger partial charge in [0.2, 0.25) is 0 Å². The number of fused-ring (bicyclic) bond motifs is 3. The molecule has 1 aliphatic carbocycles. The zero-order valence-corrected chi connectivity index (χ0v) is 11.9. The van der Waals surface area contributed by atoms with E-state index in [0.29, 0.717) is 35.2 Å². The second-order valence-electron chi connectivity index (χ2n) is 5.20. The number of hydrogen-bond acceptors (Lipinski definition) is 4. The van der Waals surface area contributed by atoms with Crippen molar-refractivity contribution in [1.29, 1.82) is 0 Å². The first-order valence-electron chi connectivity index (χ1n) is 6.84. The van der Waals surface area contributed by atoms with Gasteiger partial charge in [0, 0.05) is 25.1 Å². The average Bonchev–Trinajstić information content (AvgIpc) is 2.81. The molecule has 1 aliphatic rings. The summed E-state index contributed by atoms with van der Waals surface area (Å²) in [4.78, 5) is 35.9. The van der Waals surface area contributed by atoms with Crippen LogP contribution < -0.4 is 0 Å². The van der Waals surface area contributed by atoms with Gasteiger partial charge in [0.1, 0.15) is 0 Å². The number of methoxy groups -OCH3 is 1. The monoisotopic (exact) mass is 285 g/mol. The van der Waals surface area contributed by atoms with E-state index >= 15 is 0 Å². The van der Waals surface area contributed by atoms with E-state index in [-0.39, 0.29) is 11.6 Å². The molecule has 0 unspecified atom stereocenters. The Kier molecular flexibility index (Phi) is 3.12. The Morgan fingerprint density at radius 1 is 1.29 bits per heavy atom. The quantitative estimate of drug-likeness (QED) is 0.628. The minimum atomic E-state index is -0.458. The van der Waals surface area contributed by atoms with Gasteiger partial charge in [-0.2, -0.15) is 0 Å². The maximum absolute atomic E-state index is 12.2. The van der Waals surface area contributed by atoms with Gasteiger partial charge in [-0.15, -0.1) is 0 Å². The lowest BCUT2D eigenvalue weighted by Crippen LogP contribution is -2.11. The molecule has 3 rings (SSSR count). The molecule has 0 bridgehead atoms. The summed E-state index contributed by atoms with van der Waals surface area (Å²) in [7, 11) is 1.31. The summed E-state index contributed by atoms with van der Waals surface area (Å²) in [6, 6.07) is 3.22. The molecule has 0 saturated heterocycles. The number of carbonyl (C=O) groups excluding carboxylic acids is 3. The highest BCUT2D eigenvalue weighted by Gasteiger charge is 2.28. The molecule has 0 atom stereocenters. The first-order valence-corrected chi connectivity index (χ1v) is 6.84. The van der Waals surface area contributed by atoms with Gasteiger partial charge in [-0.1, -0.05) is 0 Å². The number of Topliss-reactive ketones (excluding diaryl/α,β-unsaturated/α-hetero) is 2. The molecule has 0 aromatic carbocycles. The summed E-state index contributed by atoms with van der Waals surface area (Å²) in [5.74, 6) is -0.505. The fourth-order valence-corrected chi connectivity index (χ4v) is 3.04. The number of nitrogens with zero attached hydrogens (tertiary/aromatic N) is 1. The van der Waals surface area contributed by atoms with Crippen LogP contribution in [-0.2, 0) is 11.2 Å².